The largest absolute Gasteiger partial charge is 0.431 e. The molecule has 4 saturated carbocycles. The van der Waals surface area contributed by atoms with Crippen molar-refractivity contribution < 1.29 is 19.4 Å². The van der Waals surface area contributed by atoms with Crippen LogP contribution in [0.15, 0.2) is 27.6 Å². The molecule has 1 aromatic rings. The van der Waals surface area contributed by atoms with Crippen molar-refractivity contribution in [2.75, 3.05) is 26.3 Å². The van der Waals surface area contributed by atoms with Crippen LogP contribution >= 0.6 is 0 Å². The van der Waals surface area contributed by atoms with Gasteiger partial charge in [0.2, 0.25) is 0 Å². The number of nitrogens with two attached hydrogens (primary N) is 1. The standard InChI is InChI=1S/C29H44N2O5/c1-26-9-5-20(31-13-14-35-18-21(31)16-30)15-28(26,33)11-7-24-23(26)6-10-27(2)22(8-12-29(24,27)34)19-3-4-25(32)36-17-19/h3-4,17,20-24,33-34H,5-16,18,30H2,1-2H3/t20-,21+,22+,23-,24+,26+,27+,28-,29-/m0/s1. The molecule has 6 rings (SSSR count). The Morgan fingerprint density at radius 1 is 1.03 bits per heavy atom. The maximum Gasteiger partial charge on any atom is 0.335 e. The van der Waals surface area contributed by atoms with Crippen LogP contribution in [-0.2, 0) is 4.74 Å². The van der Waals surface area contributed by atoms with Gasteiger partial charge in [0, 0.05) is 36.7 Å². The predicted octanol–water partition coefficient (Wildman–Crippen LogP) is 3.02. The number of ether oxygens (including phenoxy) is 1. The normalized spacial score (nSPS) is 49.2. The van der Waals surface area contributed by atoms with E-state index in [1.807, 2.05) is 6.07 Å². The van der Waals surface area contributed by atoms with Crippen molar-refractivity contribution in [3.8, 4) is 0 Å². The Kier molecular flexibility index (Phi) is 6.01. The number of aliphatic hydroxyl groups is 2. The molecular weight excluding hydrogens is 456 g/mol. The molecule has 5 fully saturated rings. The van der Waals surface area contributed by atoms with Crippen LogP contribution in [0.25, 0.3) is 0 Å². The van der Waals surface area contributed by atoms with Crippen LogP contribution in [0.5, 0.6) is 0 Å². The van der Waals surface area contributed by atoms with Gasteiger partial charge in [-0.25, -0.2) is 4.79 Å². The second kappa shape index (κ2) is 8.63. The minimum atomic E-state index is -0.757. The number of hydrogen-bond donors (Lipinski definition) is 3. The Balaban J connectivity index is 1.26. The van der Waals surface area contributed by atoms with Gasteiger partial charge in [0.15, 0.2) is 0 Å². The molecule has 0 unspecified atom stereocenters. The van der Waals surface area contributed by atoms with Crippen LogP contribution < -0.4 is 11.4 Å². The van der Waals surface area contributed by atoms with E-state index in [-0.39, 0.29) is 34.3 Å². The van der Waals surface area contributed by atoms with E-state index in [1.165, 1.54) is 6.07 Å². The number of rotatable bonds is 3. The van der Waals surface area contributed by atoms with Gasteiger partial charge < -0.3 is 25.1 Å². The molecular formula is C29H44N2O5. The maximum atomic E-state index is 12.5. The summed E-state index contributed by atoms with van der Waals surface area (Å²) in [7, 11) is 0. The fraction of sp³-hybridized carbons (Fsp3) is 0.828. The summed E-state index contributed by atoms with van der Waals surface area (Å²) in [6.45, 7) is 7.50. The Hall–Kier alpha value is -1.25. The van der Waals surface area contributed by atoms with Crippen LogP contribution in [0, 0.1) is 22.7 Å². The second-order valence-electron chi connectivity index (χ2n) is 13.2. The highest BCUT2D eigenvalue weighted by Gasteiger charge is 2.70. The molecule has 4 N–H and O–H groups in total. The number of fused-ring (bicyclic) bond motifs is 5. The van der Waals surface area contributed by atoms with Crippen molar-refractivity contribution in [2.24, 2.45) is 28.4 Å². The molecule has 0 aromatic carbocycles. The van der Waals surface area contributed by atoms with E-state index >= 15 is 0 Å². The zero-order valence-corrected chi connectivity index (χ0v) is 22.0. The molecule has 5 aliphatic rings. The maximum absolute atomic E-state index is 12.5. The van der Waals surface area contributed by atoms with Crippen molar-refractivity contribution in [3.05, 3.63) is 34.4 Å². The van der Waals surface area contributed by atoms with E-state index in [2.05, 4.69) is 18.7 Å². The molecule has 0 bridgehead atoms. The van der Waals surface area contributed by atoms with Gasteiger partial charge in [-0.05, 0) is 92.6 Å². The van der Waals surface area contributed by atoms with Gasteiger partial charge in [-0.1, -0.05) is 13.8 Å². The van der Waals surface area contributed by atoms with E-state index < -0.39 is 11.2 Å². The lowest BCUT2D eigenvalue weighted by atomic mass is 9.41. The van der Waals surface area contributed by atoms with Crippen molar-refractivity contribution >= 4 is 0 Å². The Morgan fingerprint density at radius 3 is 2.56 bits per heavy atom. The SMILES string of the molecule is C[C@]12CC[C@H](N3CCOC[C@H]3CN)C[C@@]1(O)CC[C@@H]1[C@@H]2CC[C@]2(C)[C@@H](c3ccc(=O)oc3)CC[C@]12O. The summed E-state index contributed by atoms with van der Waals surface area (Å²) < 4.78 is 10.9. The second-order valence-corrected chi connectivity index (χ2v) is 13.2. The first-order valence-electron chi connectivity index (χ1n) is 14.2. The first-order chi connectivity index (χ1) is 17.2. The van der Waals surface area contributed by atoms with Crippen molar-refractivity contribution in [1.82, 2.24) is 4.90 Å². The molecule has 1 aliphatic heterocycles. The molecule has 0 amide bonds. The fourth-order valence-corrected chi connectivity index (χ4v) is 9.93. The van der Waals surface area contributed by atoms with Crippen molar-refractivity contribution in [3.63, 3.8) is 0 Å². The van der Waals surface area contributed by atoms with Gasteiger partial charge >= 0.3 is 5.63 Å². The molecule has 7 heteroatoms. The van der Waals surface area contributed by atoms with Gasteiger partial charge in [-0.3, -0.25) is 4.90 Å². The molecule has 36 heavy (non-hydrogen) atoms. The van der Waals surface area contributed by atoms with Crippen LogP contribution in [0.2, 0.25) is 0 Å². The van der Waals surface area contributed by atoms with E-state index in [9.17, 15) is 15.0 Å². The predicted molar refractivity (Wildman–Crippen MR) is 137 cm³/mol. The summed E-state index contributed by atoms with van der Waals surface area (Å²) in [5.74, 6) is 0.698. The zero-order valence-electron chi connectivity index (χ0n) is 22.0. The van der Waals surface area contributed by atoms with Gasteiger partial charge in [0.1, 0.15) is 0 Å². The van der Waals surface area contributed by atoms with E-state index in [4.69, 9.17) is 14.9 Å². The molecule has 0 spiro atoms. The lowest BCUT2D eigenvalue weighted by molar-refractivity contribution is -0.252. The van der Waals surface area contributed by atoms with E-state index in [1.54, 1.807) is 6.26 Å². The molecule has 2 heterocycles. The van der Waals surface area contributed by atoms with Crippen molar-refractivity contribution in [2.45, 2.75) is 101 Å². The Labute approximate surface area is 214 Å². The minimum Gasteiger partial charge on any atom is -0.431 e. The van der Waals surface area contributed by atoms with Crippen LogP contribution in [0.3, 0.4) is 0 Å². The summed E-state index contributed by atoms with van der Waals surface area (Å²) in [6.07, 6.45) is 9.73. The number of hydrogen-bond acceptors (Lipinski definition) is 7. The molecule has 9 atom stereocenters. The Bertz CT molecular complexity index is 1030. The van der Waals surface area contributed by atoms with Crippen LogP contribution in [-0.4, -0.2) is 64.7 Å². The highest BCUT2D eigenvalue weighted by Crippen LogP contribution is 2.71. The summed E-state index contributed by atoms with van der Waals surface area (Å²) in [5, 5.41) is 24.7. The monoisotopic (exact) mass is 500 g/mol. The molecule has 7 nitrogen and oxygen atoms in total. The number of nitrogens with zero attached hydrogens (tertiary/aromatic N) is 1. The third-order valence-corrected chi connectivity index (χ3v) is 12.1. The van der Waals surface area contributed by atoms with Gasteiger partial charge in [0.05, 0.1) is 30.7 Å². The summed E-state index contributed by atoms with van der Waals surface area (Å²) in [6, 6.07) is 3.98. The number of morpholine rings is 1. The van der Waals surface area contributed by atoms with Crippen LogP contribution in [0.4, 0.5) is 0 Å². The topological polar surface area (TPSA) is 109 Å². The molecule has 4 aliphatic carbocycles. The molecule has 1 aromatic heterocycles. The molecule has 200 valence electrons. The molecule has 1 saturated heterocycles. The van der Waals surface area contributed by atoms with Crippen molar-refractivity contribution in [1.29, 1.82) is 0 Å². The van der Waals surface area contributed by atoms with Gasteiger partial charge in [-0.15, -0.1) is 0 Å². The van der Waals surface area contributed by atoms with E-state index in [0.29, 0.717) is 25.1 Å². The summed E-state index contributed by atoms with van der Waals surface area (Å²) >= 11 is 0. The lowest BCUT2D eigenvalue weighted by Crippen LogP contribution is -2.68. The minimum absolute atomic E-state index is 0.187. The highest BCUT2D eigenvalue weighted by atomic mass is 16.5. The molecule has 0 radical (unpaired) electrons. The smallest absolute Gasteiger partial charge is 0.335 e. The quantitative estimate of drug-likeness (QED) is 0.585. The van der Waals surface area contributed by atoms with Gasteiger partial charge in [-0.2, -0.15) is 0 Å². The first kappa shape index (κ1) is 25.1. The lowest BCUT2D eigenvalue weighted by Gasteiger charge is -2.66. The Morgan fingerprint density at radius 2 is 1.81 bits per heavy atom. The van der Waals surface area contributed by atoms with E-state index in [0.717, 1.165) is 76.5 Å². The third kappa shape index (κ3) is 3.39. The average molecular weight is 501 g/mol. The fourth-order valence-electron chi connectivity index (χ4n) is 9.93. The average Bonchev–Trinajstić information content (AvgIpc) is 3.16. The zero-order chi connectivity index (χ0) is 25.3. The van der Waals surface area contributed by atoms with Crippen LogP contribution in [0.1, 0.15) is 83.1 Å². The summed E-state index contributed by atoms with van der Waals surface area (Å²) in [5.41, 5.74) is 4.88. The van der Waals surface area contributed by atoms with Gasteiger partial charge in [0.25, 0.3) is 0 Å². The highest BCUT2D eigenvalue weighted by molar-refractivity contribution is 5.28. The first-order valence-corrected chi connectivity index (χ1v) is 14.2. The third-order valence-electron chi connectivity index (χ3n) is 12.1. The summed E-state index contributed by atoms with van der Waals surface area (Å²) in [4.78, 5) is 14.1.